The van der Waals surface area contributed by atoms with Gasteiger partial charge in [0, 0.05) is 12.2 Å². The van der Waals surface area contributed by atoms with Crippen molar-refractivity contribution in [1.29, 1.82) is 0 Å². The molecule has 1 heterocycles. The number of benzene rings is 1. The molecule has 1 saturated heterocycles. The molecule has 1 amide bonds. The van der Waals surface area contributed by atoms with Crippen LogP contribution in [-0.2, 0) is 16.0 Å². The van der Waals surface area contributed by atoms with Crippen LogP contribution in [0.2, 0.25) is 0 Å². The third-order valence-corrected chi connectivity index (χ3v) is 3.21. The molecule has 1 aliphatic rings. The Kier molecular flexibility index (Phi) is 4.76. The summed E-state index contributed by atoms with van der Waals surface area (Å²) in [5.74, 6) is 0.553. The molecule has 0 aromatic heterocycles. The predicted octanol–water partition coefficient (Wildman–Crippen LogP) is 0.504. The predicted molar refractivity (Wildman–Crippen MR) is 70.1 cm³/mol. The maximum absolute atomic E-state index is 12.0. The van der Waals surface area contributed by atoms with Crippen LogP contribution in [0.15, 0.2) is 24.3 Å². The maximum atomic E-state index is 12.0. The number of methoxy groups -OCH3 is 1. The molecule has 5 heteroatoms. The molecule has 0 spiro atoms. The van der Waals surface area contributed by atoms with Crippen molar-refractivity contribution in [2.75, 3.05) is 20.3 Å². The Morgan fingerprint density at radius 3 is 3.05 bits per heavy atom. The van der Waals surface area contributed by atoms with Crippen LogP contribution in [0, 0.1) is 0 Å². The van der Waals surface area contributed by atoms with Gasteiger partial charge in [0.05, 0.1) is 32.3 Å². The van der Waals surface area contributed by atoms with Gasteiger partial charge in [0.1, 0.15) is 5.75 Å². The Bertz CT molecular complexity index is 435. The van der Waals surface area contributed by atoms with Crippen LogP contribution in [0.5, 0.6) is 5.75 Å². The number of carbonyl (C=O) groups is 1. The van der Waals surface area contributed by atoms with Gasteiger partial charge in [-0.15, -0.1) is 0 Å². The molecule has 1 aromatic rings. The third-order valence-electron chi connectivity index (χ3n) is 3.21. The number of nitrogens with one attached hydrogen (secondary N) is 1. The molecule has 0 bridgehead atoms. The van der Waals surface area contributed by atoms with Gasteiger partial charge in [-0.05, 0) is 12.5 Å². The molecule has 104 valence electrons. The zero-order valence-electron chi connectivity index (χ0n) is 11.0. The highest BCUT2D eigenvalue weighted by atomic mass is 16.5. The fourth-order valence-corrected chi connectivity index (χ4v) is 2.14. The Morgan fingerprint density at radius 2 is 2.32 bits per heavy atom. The van der Waals surface area contributed by atoms with E-state index in [-0.39, 0.29) is 18.4 Å². The summed E-state index contributed by atoms with van der Waals surface area (Å²) in [7, 11) is 1.58. The summed E-state index contributed by atoms with van der Waals surface area (Å²) in [6.07, 6.45) is 0.252. The molecule has 5 nitrogen and oxygen atoms in total. The van der Waals surface area contributed by atoms with E-state index in [4.69, 9.17) is 9.47 Å². The number of rotatable bonds is 4. The number of carbonyl (C=O) groups excluding carboxylic acids is 1. The minimum atomic E-state index is -0.532. The molecule has 19 heavy (non-hydrogen) atoms. The highest BCUT2D eigenvalue weighted by Gasteiger charge is 2.25. The van der Waals surface area contributed by atoms with E-state index in [9.17, 15) is 9.90 Å². The molecular weight excluding hydrogens is 246 g/mol. The lowest BCUT2D eigenvalue weighted by Gasteiger charge is -2.28. The van der Waals surface area contributed by atoms with Gasteiger partial charge in [-0.1, -0.05) is 18.2 Å². The monoisotopic (exact) mass is 265 g/mol. The van der Waals surface area contributed by atoms with E-state index in [2.05, 4.69) is 5.32 Å². The molecule has 1 aliphatic heterocycles. The molecule has 1 aromatic carbocycles. The van der Waals surface area contributed by atoms with Gasteiger partial charge in [0.2, 0.25) is 5.91 Å². The first-order valence-electron chi connectivity index (χ1n) is 6.38. The van der Waals surface area contributed by atoms with E-state index in [1.165, 1.54) is 0 Å². The number of aliphatic hydroxyl groups is 1. The van der Waals surface area contributed by atoms with E-state index >= 15 is 0 Å². The second-order valence-electron chi connectivity index (χ2n) is 4.59. The lowest BCUT2D eigenvalue weighted by molar-refractivity contribution is -0.124. The van der Waals surface area contributed by atoms with Crippen molar-refractivity contribution in [1.82, 2.24) is 5.32 Å². The topological polar surface area (TPSA) is 67.8 Å². The third kappa shape index (κ3) is 3.68. The summed E-state index contributed by atoms with van der Waals surface area (Å²) in [6, 6.07) is 7.08. The average Bonchev–Trinajstić information content (AvgIpc) is 2.42. The lowest BCUT2D eigenvalue weighted by Crippen LogP contribution is -2.49. The summed E-state index contributed by atoms with van der Waals surface area (Å²) >= 11 is 0. The largest absolute Gasteiger partial charge is 0.496 e. The number of amides is 1. The van der Waals surface area contributed by atoms with Gasteiger partial charge in [-0.2, -0.15) is 0 Å². The van der Waals surface area contributed by atoms with Crippen molar-refractivity contribution < 1.29 is 19.4 Å². The average molecular weight is 265 g/mol. The van der Waals surface area contributed by atoms with E-state index in [1.54, 1.807) is 7.11 Å². The van der Waals surface area contributed by atoms with Crippen molar-refractivity contribution >= 4 is 5.91 Å². The minimum absolute atomic E-state index is 0.140. The zero-order valence-corrected chi connectivity index (χ0v) is 11.0. The van der Waals surface area contributed by atoms with Crippen LogP contribution >= 0.6 is 0 Å². The number of hydrogen-bond donors (Lipinski definition) is 2. The number of para-hydroxylation sites is 1. The molecule has 0 aliphatic carbocycles. The van der Waals surface area contributed by atoms with Crippen molar-refractivity contribution in [2.24, 2.45) is 0 Å². The van der Waals surface area contributed by atoms with Crippen molar-refractivity contribution in [3.8, 4) is 5.75 Å². The Hall–Kier alpha value is -1.59. The van der Waals surface area contributed by atoms with Crippen LogP contribution in [-0.4, -0.2) is 43.5 Å². The zero-order chi connectivity index (χ0) is 13.7. The summed E-state index contributed by atoms with van der Waals surface area (Å²) < 4.78 is 10.5. The van der Waals surface area contributed by atoms with Gasteiger partial charge < -0.3 is 19.9 Å². The highest BCUT2D eigenvalue weighted by Crippen LogP contribution is 2.18. The fourth-order valence-electron chi connectivity index (χ4n) is 2.14. The summed E-state index contributed by atoms with van der Waals surface area (Å²) in [5, 5.41) is 12.6. The molecule has 2 rings (SSSR count). The van der Waals surface area contributed by atoms with Crippen molar-refractivity contribution in [3.05, 3.63) is 29.8 Å². The van der Waals surface area contributed by atoms with Crippen LogP contribution in [0.3, 0.4) is 0 Å². The van der Waals surface area contributed by atoms with Crippen molar-refractivity contribution in [2.45, 2.75) is 25.0 Å². The smallest absolute Gasteiger partial charge is 0.224 e. The van der Waals surface area contributed by atoms with Gasteiger partial charge in [0.15, 0.2) is 0 Å². The van der Waals surface area contributed by atoms with Crippen LogP contribution in [0.4, 0.5) is 0 Å². The summed E-state index contributed by atoms with van der Waals surface area (Å²) in [5.41, 5.74) is 0.828. The van der Waals surface area contributed by atoms with Crippen LogP contribution < -0.4 is 10.1 Å². The van der Waals surface area contributed by atoms with E-state index < -0.39 is 6.10 Å². The summed E-state index contributed by atoms with van der Waals surface area (Å²) in [6.45, 7) is 0.902. The van der Waals surface area contributed by atoms with Gasteiger partial charge in [0.25, 0.3) is 0 Å². The quantitative estimate of drug-likeness (QED) is 0.832. The molecule has 2 atom stereocenters. The Balaban J connectivity index is 1.93. The highest BCUT2D eigenvalue weighted by molar-refractivity contribution is 5.79. The fraction of sp³-hybridized carbons (Fsp3) is 0.500. The molecule has 0 unspecified atom stereocenters. The number of hydrogen-bond acceptors (Lipinski definition) is 4. The van der Waals surface area contributed by atoms with Crippen LogP contribution in [0.1, 0.15) is 12.0 Å². The van der Waals surface area contributed by atoms with Crippen LogP contribution in [0.25, 0.3) is 0 Å². The lowest BCUT2D eigenvalue weighted by atomic mass is 10.1. The molecule has 0 radical (unpaired) electrons. The normalized spacial score (nSPS) is 22.8. The van der Waals surface area contributed by atoms with Gasteiger partial charge >= 0.3 is 0 Å². The first-order valence-corrected chi connectivity index (χ1v) is 6.38. The molecule has 0 saturated carbocycles. The molecule has 1 fully saturated rings. The first-order chi connectivity index (χ1) is 9.20. The van der Waals surface area contributed by atoms with Gasteiger partial charge in [-0.25, -0.2) is 0 Å². The van der Waals surface area contributed by atoms with Gasteiger partial charge in [-0.3, -0.25) is 4.79 Å². The standard InChI is InChI=1S/C14H19NO4/c1-18-13-5-3-2-4-10(13)8-14(17)15-11-9-19-7-6-12(11)16/h2-5,11-12,16H,6-9H2,1H3,(H,15,17)/t11-,12-/m1/s1. The number of aliphatic hydroxyl groups excluding tert-OH is 1. The molecule has 2 N–H and O–H groups in total. The van der Waals surface area contributed by atoms with Crippen molar-refractivity contribution in [3.63, 3.8) is 0 Å². The Morgan fingerprint density at radius 1 is 1.53 bits per heavy atom. The van der Waals surface area contributed by atoms with E-state index in [0.29, 0.717) is 25.4 Å². The maximum Gasteiger partial charge on any atom is 0.224 e. The minimum Gasteiger partial charge on any atom is -0.496 e. The second kappa shape index (κ2) is 6.54. The summed E-state index contributed by atoms with van der Waals surface area (Å²) in [4.78, 5) is 12.0. The first kappa shape index (κ1) is 13.8. The second-order valence-corrected chi connectivity index (χ2v) is 4.59. The van der Waals surface area contributed by atoms with E-state index in [1.807, 2.05) is 24.3 Å². The van der Waals surface area contributed by atoms with E-state index in [0.717, 1.165) is 5.56 Å². The SMILES string of the molecule is COc1ccccc1CC(=O)N[C@@H]1COCC[C@H]1O. The molecular formula is C14H19NO4. The Labute approximate surface area is 112 Å². The number of ether oxygens (including phenoxy) is 2.